The van der Waals surface area contributed by atoms with Crippen molar-refractivity contribution in [3.8, 4) is 0 Å². The molecule has 0 saturated carbocycles. The van der Waals surface area contributed by atoms with Crippen molar-refractivity contribution in [2.75, 3.05) is 6.61 Å². The Labute approximate surface area is 180 Å². The number of carbonyl (C=O) groups is 1. The van der Waals surface area contributed by atoms with Crippen LogP contribution in [0.1, 0.15) is 51.6 Å². The quantitative estimate of drug-likeness (QED) is 0.549. The minimum atomic E-state index is -0.469. The predicted octanol–water partition coefficient (Wildman–Crippen LogP) is 5.14. The normalized spacial score (nSPS) is 19.1. The molecule has 0 aliphatic carbocycles. The zero-order chi connectivity index (χ0) is 21.6. The van der Waals surface area contributed by atoms with E-state index in [2.05, 4.69) is 17.2 Å². The smallest absolute Gasteiger partial charge is 0.247 e. The average molecular weight is 417 g/mol. The number of nitrogens with one attached hydrogen (secondary N) is 2. The van der Waals surface area contributed by atoms with Gasteiger partial charge in [0, 0.05) is 17.3 Å². The maximum absolute atomic E-state index is 12.8. The zero-order valence-electron chi connectivity index (χ0n) is 17.6. The van der Waals surface area contributed by atoms with Gasteiger partial charge in [-0.05, 0) is 36.5 Å². The number of amides is 1. The molecule has 0 saturated heterocycles. The summed E-state index contributed by atoms with van der Waals surface area (Å²) in [6, 6.07) is 9.21. The molecule has 0 aromatic heterocycles. The van der Waals surface area contributed by atoms with Crippen LogP contribution >= 0.6 is 11.6 Å². The Balaban J connectivity index is 0.00000204. The molecule has 1 aromatic rings. The molecule has 0 spiro atoms. The lowest BCUT2D eigenvalue weighted by molar-refractivity contribution is -0.122. The third kappa shape index (κ3) is 8.30. The fourth-order valence-electron chi connectivity index (χ4n) is 2.98. The number of aliphatic hydroxyl groups is 1. The van der Waals surface area contributed by atoms with E-state index in [0.717, 1.165) is 23.3 Å². The molecule has 1 aromatic carbocycles. The summed E-state index contributed by atoms with van der Waals surface area (Å²) >= 11 is 5.90. The highest BCUT2D eigenvalue weighted by Crippen LogP contribution is 2.22. The lowest BCUT2D eigenvalue weighted by atomic mass is 10.00. The summed E-state index contributed by atoms with van der Waals surface area (Å²) < 4.78 is 0. The van der Waals surface area contributed by atoms with Gasteiger partial charge in [0.1, 0.15) is 6.04 Å². The van der Waals surface area contributed by atoms with Crippen molar-refractivity contribution in [3.63, 3.8) is 0 Å². The van der Waals surface area contributed by atoms with Gasteiger partial charge in [-0.1, -0.05) is 87.5 Å². The van der Waals surface area contributed by atoms with Crippen LogP contribution in [0.3, 0.4) is 0 Å². The molecule has 1 aliphatic heterocycles. The van der Waals surface area contributed by atoms with E-state index in [-0.39, 0.29) is 18.6 Å². The summed E-state index contributed by atoms with van der Waals surface area (Å²) in [5, 5.41) is 16.0. The monoisotopic (exact) mass is 416 g/mol. The van der Waals surface area contributed by atoms with E-state index >= 15 is 0 Å². The molecule has 2 atom stereocenters. The SMILES string of the molecule is C=C(Cl)/C=C1/C=CC(C(=O)NC(CCCO)c2ccccc2)N/C1=C/CC.CC. The molecule has 0 fully saturated rings. The van der Waals surface area contributed by atoms with E-state index < -0.39 is 6.04 Å². The highest BCUT2D eigenvalue weighted by Gasteiger charge is 2.24. The third-order valence-electron chi connectivity index (χ3n) is 4.26. The summed E-state index contributed by atoms with van der Waals surface area (Å²) in [7, 11) is 0. The van der Waals surface area contributed by atoms with E-state index in [1.54, 1.807) is 6.08 Å². The third-order valence-corrected chi connectivity index (χ3v) is 4.37. The minimum Gasteiger partial charge on any atom is -0.396 e. The number of allylic oxidation sites excluding steroid dienone is 4. The topological polar surface area (TPSA) is 61.4 Å². The molecule has 4 nitrogen and oxygen atoms in total. The fourth-order valence-corrected chi connectivity index (χ4v) is 3.10. The maximum atomic E-state index is 12.8. The number of hydrogen-bond donors (Lipinski definition) is 3. The number of rotatable bonds is 8. The Morgan fingerprint density at radius 1 is 1.34 bits per heavy atom. The van der Waals surface area contributed by atoms with Gasteiger partial charge in [-0.2, -0.15) is 0 Å². The van der Waals surface area contributed by atoms with Gasteiger partial charge in [0.15, 0.2) is 0 Å². The molecule has 1 heterocycles. The Hall–Kier alpha value is -2.30. The molecule has 158 valence electrons. The lowest BCUT2D eigenvalue weighted by Crippen LogP contribution is -2.45. The van der Waals surface area contributed by atoms with Gasteiger partial charge in [0.2, 0.25) is 5.91 Å². The second-order valence-corrected chi connectivity index (χ2v) is 6.88. The van der Waals surface area contributed by atoms with Gasteiger partial charge < -0.3 is 15.7 Å². The largest absolute Gasteiger partial charge is 0.396 e. The zero-order valence-corrected chi connectivity index (χ0v) is 18.4. The van der Waals surface area contributed by atoms with Crippen LogP contribution in [0.2, 0.25) is 0 Å². The van der Waals surface area contributed by atoms with Crippen LogP contribution in [0, 0.1) is 0 Å². The van der Waals surface area contributed by atoms with Crippen molar-refractivity contribution in [2.24, 2.45) is 0 Å². The van der Waals surface area contributed by atoms with Crippen molar-refractivity contribution < 1.29 is 9.90 Å². The average Bonchev–Trinajstić information content (AvgIpc) is 2.74. The van der Waals surface area contributed by atoms with Gasteiger partial charge in [0.25, 0.3) is 0 Å². The summed E-state index contributed by atoms with van der Waals surface area (Å²) in [6.45, 7) is 9.83. The molecule has 0 bridgehead atoms. The number of halogens is 1. The second-order valence-electron chi connectivity index (χ2n) is 6.39. The summed E-state index contributed by atoms with van der Waals surface area (Å²) in [5.41, 5.74) is 2.80. The summed E-state index contributed by atoms with van der Waals surface area (Å²) in [4.78, 5) is 12.8. The van der Waals surface area contributed by atoms with Gasteiger partial charge >= 0.3 is 0 Å². The Bertz CT molecular complexity index is 739. The Kier molecular flexibility index (Phi) is 11.8. The van der Waals surface area contributed by atoms with E-state index in [9.17, 15) is 9.90 Å². The molecular weight excluding hydrogens is 384 g/mol. The number of carbonyl (C=O) groups excluding carboxylic acids is 1. The van der Waals surface area contributed by atoms with Gasteiger partial charge in [-0.3, -0.25) is 4.79 Å². The molecule has 1 amide bonds. The Morgan fingerprint density at radius 2 is 2.03 bits per heavy atom. The first-order valence-electron chi connectivity index (χ1n) is 10.2. The number of aliphatic hydroxyl groups excluding tert-OH is 1. The summed E-state index contributed by atoms with van der Waals surface area (Å²) in [5.74, 6) is -0.108. The molecule has 3 N–H and O–H groups in total. The summed E-state index contributed by atoms with van der Waals surface area (Å²) in [6.07, 6.45) is 9.64. The van der Waals surface area contributed by atoms with Crippen LogP contribution in [0.5, 0.6) is 0 Å². The Morgan fingerprint density at radius 3 is 2.62 bits per heavy atom. The number of hydrogen-bond acceptors (Lipinski definition) is 3. The molecule has 29 heavy (non-hydrogen) atoms. The van der Waals surface area contributed by atoms with Crippen LogP contribution in [-0.2, 0) is 4.79 Å². The van der Waals surface area contributed by atoms with E-state index in [0.29, 0.717) is 17.9 Å². The van der Waals surface area contributed by atoms with Crippen molar-refractivity contribution in [2.45, 2.75) is 52.1 Å². The van der Waals surface area contributed by atoms with Crippen LogP contribution in [0.15, 0.2) is 77.5 Å². The van der Waals surface area contributed by atoms with Crippen LogP contribution in [0.4, 0.5) is 0 Å². The first-order valence-corrected chi connectivity index (χ1v) is 10.6. The van der Waals surface area contributed by atoms with Crippen LogP contribution in [0.25, 0.3) is 0 Å². The molecule has 0 radical (unpaired) electrons. The van der Waals surface area contributed by atoms with E-state index in [1.807, 2.05) is 69.3 Å². The first kappa shape index (κ1) is 24.7. The first-order chi connectivity index (χ1) is 14.0. The maximum Gasteiger partial charge on any atom is 0.247 e. The molecule has 2 rings (SSSR count). The van der Waals surface area contributed by atoms with Crippen molar-refractivity contribution in [1.29, 1.82) is 0 Å². The fraction of sp³-hybridized carbons (Fsp3) is 0.375. The van der Waals surface area contributed by atoms with Crippen LogP contribution in [-0.4, -0.2) is 23.7 Å². The van der Waals surface area contributed by atoms with Gasteiger partial charge in [0.05, 0.1) is 6.04 Å². The highest BCUT2D eigenvalue weighted by atomic mass is 35.5. The number of benzene rings is 1. The molecule has 1 aliphatic rings. The standard InChI is InChI=1S/C22H27ClN2O2.C2H6/c1-3-8-19-18(15-16(2)23)12-13-21(24-19)22(27)25-20(11-7-14-26)17-9-5-4-6-10-17;1-2/h4-6,8-10,12-13,15,20-21,24,26H,2-3,7,11,14H2,1H3,(H,25,27);1-2H3/b18-15-,19-8+;. The van der Waals surface area contributed by atoms with Crippen molar-refractivity contribution in [1.82, 2.24) is 10.6 Å². The van der Waals surface area contributed by atoms with Crippen LogP contribution < -0.4 is 10.6 Å². The molecule has 5 heteroatoms. The van der Waals surface area contributed by atoms with Crippen molar-refractivity contribution >= 4 is 17.5 Å². The van der Waals surface area contributed by atoms with Gasteiger partial charge in [-0.25, -0.2) is 0 Å². The van der Waals surface area contributed by atoms with Crippen molar-refractivity contribution in [3.05, 3.63) is 83.1 Å². The lowest BCUT2D eigenvalue weighted by Gasteiger charge is -2.26. The molecular formula is C24H33ClN2O2. The minimum absolute atomic E-state index is 0.0979. The molecule has 2 unspecified atom stereocenters. The second kappa shape index (κ2) is 13.8. The van der Waals surface area contributed by atoms with E-state index in [1.165, 1.54) is 0 Å². The predicted molar refractivity (Wildman–Crippen MR) is 123 cm³/mol. The van der Waals surface area contributed by atoms with Gasteiger partial charge in [-0.15, -0.1) is 0 Å². The highest BCUT2D eigenvalue weighted by molar-refractivity contribution is 6.30. The van der Waals surface area contributed by atoms with E-state index in [4.69, 9.17) is 11.6 Å².